The number of carbonyl (C=O) groups excluding carboxylic acids is 1. The summed E-state index contributed by atoms with van der Waals surface area (Å²) in [5.41, 5.74) is 3.07. The number of amides is 1. The molecule has 1 aromatic heterocycles. The molecule has 36 heavy (non-hydrogen) atoms. The number of nitrogens with one attached hydrogen (secondary N) is 1. The van der Waals surface area contributed by atoms with Crippen LogP contribution in [0.5, 0.6) is 5.75 Å². The van der Waals surface area contributed by atoms with Gasteiger partial charge in [-0.15, -0.1) is 6.42 Å². The normalized spacial score (nSPS) is 16.8. The van der Waals surface area contributed by atoms with Gasteiger partial charge in [0, 0.05) is 68.0 Å². The summed E-state index contributed by atoms with van der Waals surface area (Å²) in [4.78, 5) is 28.7. The molecule has 3 aromatic rings. The largest absolute Gasteiger partial charge is 0.491 e. The molecule has 0 unspecified atom stereocenters. The van der Waals surface area contributed by atoms with Crippen LogP contribution in [-0.4, -0.2) is 78.6 Å². The van der Waals surface area contributed by atoms with Gasteiger partial charge in [0.25, 0.3) is 5.91 Å². The van der Waals surface area contributed by atoms with E-state index in [0.29, 0.717) is 24.7 Å². The maximum Gasteiger partial charge on any atom is 0.250 e. The maximum absolute atomic E-state index is 13.3. The van der Waals surface area contributed by atoms with Gasteiger partial charge in [-0.2, -0.15) is 0 Å². The number of fused-ring (bicyclic) bond motifs is 2. The van der Waals surface area contributed by atoms with Crippen LogP contribution >= 0.6 is 0 Å². The minimum Gasteiger partial charge on any atom is -0.491 e. The molecule has 2 aliphatic rings. The predicted molar refractivity (Wildman–Crippen MR) is 143 cm³/mol. The minimum atomic E-state index is -0.0525. The van der Waals surface area contributed by atoms with E-state index in [4.69, 9.17) is 11.2 Å². The summed E-state index contributed by atoms with van der Waals surface area (Å²) in [6.07, 6.45) is 11.5. The third-order valence-corrected chi connectivity index (χ3v) is 6.57. The Morgan fingerprint density at radius 1 is 1.17 bits per heavy atom. The molecule has 1 amide bonds. The van der Waals surface area contributed by atoms with E-state index in [1.165, 1.54) is 6.33 Å². The fourth-order valence-corrected chi connectivity index (χ4v) is 4.50. The van der Waals surface area contributed by atoms with Gasteiger partial charge in [0.1, 0.15) is 17.9 Å². The quantitative estimate of drug-likeness (QED) is 0.442. The van der Waals surface area contributed by atoms with Crippen molar-refractivity contribution < 1.29 is 9.53 Å². The zero-order valence-corrected chi connectivity index (χ0v) is 20.5. The van der Waals surface area contributed by atoms with Crippen molar-refractivity contribution in [3.05, 3.63) is 60.4 Å². The van der Waals surface area contributed by atoms with Crippen molar-refractivity contribution in [3.63, 3.8) is 0 Å². The van der Waals surface area contributed by atoms with Crippen LogP contribution in [0.2, 0.25) is 0 Å². The fraction of sp³-hybridized carbons (Fsp3) is 0.321. The summed E-state index contributed by atoms with van der Waals surface area (Å²) in [6, 6.07) is 11.4. The molecule has 0 radical (unpaired) electrons. The van der Waals surface area contributed by atoms with Gasteiger partial charge in [-0.05, 0) is 37.7 Å². The van der Waals surface area contributed by atoms with E-state index in [1.807, 2.05) is 42.5 Å². The Morgan fingerprint density at radius 3 is 2.86 bits per heavy atom. The van der Waals surface area contributed by atoms with Gasteiger partial charge in [0.2, 0.25) is 0 Å². The standard InChI is InChI=1S/C28H30N6O2/c1-3-21-7-4-8-22(17-21)31-28-23-18-25-26(19-24(23)29-20-30-28)36-16-6-11-34(25)27(35)9-5-10-33-14-12-32(2)13-15-33/h1,4-5,7-9,17-20H,6,10-16H2,2H3,(H,29,30,31)/b9-5+. The molecule has 184 valence electrons. The first-order valence-corrected chi connectivity index (χ1v) is 12.2. The molecule has 1 fully saturated rings. The highest BCUT2D eigenvalue weighted by molar-refractivity contribution is 6.05. The third kappa shape index (κ3) is 5.33. The van der Waals surface area contributed by atoms with Crippen molar-refractivity contribution in [1.29, 1.82) is 0 Å². The van der Waals surface area contributed by atoms with Crippen molar-refractivity contribution in [2.75, 3.05) is 63.1 Å². The van der Waals surface area contributed by atoms with E-state index < -0.39 is 0 Å². The molecular formula is C28H30N6O2. The second-order valence-corrected chi connectivity index (χ2v) is 9.11. The fourth-order valence-electron chi connectivity index (χ4n) is 4.50. The number of nitrogens with zero attached hydrogens (tertiary/aromatic N) is 5. The van der Waals surface area contributed by atoms with Crippen molar-refractivity contribution >= 4 is 34.0 Å². The van der Waals surface area contributed by atoms with Crippen LogP contribution in [0.15, 0.2) is 54.9 Å². The van der Waals surface area contributed by atoms with E-state index in [0.717, 1.165) is 67.0 Å². The van der Waals surface area contributed by atoms with Gasteiger partial charge < -0.3 is 19.9 Å². The van der Waals surface area contributed by atoms with Gasteiger partial charge in [-0.3, -0.25) is 9.69 Å². The Kier molecular flexibility index (Phi) is 7.12. The Hall–Kier alpha value is -3.93. The number of likely N-dealkylation sites (N-methyl/N-ethyl adjacent to an activating group) is 1. The molecule has 1 N–H and O–H groups in total. The van der Waals surface area contributed by atoms with Crippen LogP contribution in [0.25, 0.3) is 10.9 Å². The van der Waals surface area contributed by atoms with Gasteiger partial charge in [-0.25, -0.2) is 9.97 Å². The number of ether oxygens (including phenoxy) is 1. The second-order valence-electron chi connectivity index (χ2n) is 9.11. The summed E-state index contributed by atoms with van der Waals surface area (Å²) in [7, 11) is 2.14. The molecule has 0 aliphatic carbocycles. The van der Waals surface area contributed by atoms with Gasteiger partial charge in [-0.1, -0.05) is 18.1 Å². The van der Waals surface area contributed by atoms with Crippen molar-refractivity contribution in [1.82, 2.24) is 19.8 Å². The van der Waals surface area contributed by atoms with Crippen molar-refractivity contribution in [3.8, 4) is 18.1 Å². The van der Waals surface area contributed by atoms with Crippen LogP contribution in [0.1, 0.15) is 12.0 Å². The summed E-state index contributed by atoms with van der Waals surface area (Å²) < 4.78 is 6.00. The molecule has 1 saturated heterocycles. The lowest BCUT2D eigenvalue weighted by Gasteiger charge is -2.31. The van der Waals surface area contributed by atoms with Crippen molar-refractivity contribution in [2.24, 2.45) is 0 Å². The topological polar surface area (TPSA) is 73.8 Å². The molecule has 0 saturated carbocycles. The summed E-state index contributed by atoms with van der Waals surface area (Å²) in [5, 5.41) is 4.15. The lowest BCUT2D eigenvalue weighted by molar-refractivity contribution is -0.114. The van der Waals surface area contributed by atoms with Gasteiger partial charge in [0.05, 0.1) is 17.8 Å². The summed E-state index contributed by atoms with van der Waals surface area (Å²) in [5.74, 6) is 3.89. The second kappa shape index (κ2) is 10.8. The predicted octanol–water partition coefficient (Wildman–Crippen LogP) is 3.27. The smallest absolute Gasteiger partial charge is 0.250 e. The Balaban J connectivity index is 1.41. The Bertz CT molecular complexity index is 1320. The Morgan fingerprint density at radius 2 is 2.03 bits per heavy atom. The highest BCUT2D eigenvalue weighted by Gasteiger charge is 2.23. The number of rotatable bonds is 5. The molecule has 5 rings (SSSR count). The number of carbonyl (C=O) groups is 1. The van der Waals surface area contributed by atoms with Crippen LogP contribution in [0.4, 0.5) is 17.2 Å². The lowest BCUT2D eigenvalue weighted by Crippen LogP contribution is -2.44. The number of hydrogen-bond donors (Lipinski definition) is 1. The first-order chi connectivity index (χ1) is 17.6. The molecular weight excluding hydrogens is 452 g/mol. The molecule has 8 heteroatoms. The number of benzene rings is 2. The maximum atomic E-state index is 13.3. The van der Waals surface area contributed by atoms with E-state index in [2.05, 4.69) is 38.1 Å². The average molecular weight is 483 g/mol. The molecule has 0 bridgehead atoms. The van der Waals surface area contributed by atoms with Crippen LogP contribution < -0.4 is 15.0 Å². The van der Waals surface area contributed by atoms with E-state index in [-0.39, 0.29) is 5.91 Å². The number of anilines is 3. The van der Waals surface area contributed by atoms with Crippen LogP contribution in [0.3, 0.4) is 0 Å². The molecule has 8 nitrogen and oxygen atoms in total. The van der Waals surface area contributed by atoms with Crippen LogP contribution in [-0.2, 0) is 4.79 Å². The first kappa shape index (κ1) is 23.8. The molecule has 0 spiro atoms. The average Bonchev–Trinajstić information content (AvgIpc) is 3.11. The molecule has 2 aromatic carbocycles. The highest BCUT2D eigenvalue weighted by Crippen LogP contribution is 2.37. The van der Waals surface area contributed by atoms with E-state index >= 15 is 0 Å². The number of terminal acetylenes is 1. The highest BCUT2D eigenvalue weighted by atomic mass is 16.5. The summed E-state index contributed by atoms with van der Waals surface area (Å²) >= 11 is 0. The Labute approximate surface area is 211 Å². The zero-order chi connectivity index (χ0) is 24.9. The van der Waals surface area contributed by atoms with Gasteiger partial charge >= 0.3 is 0 Å². The molecule has 3 heterocycles. The number of aromatic nitrogens is 2. The van der Waals surface area contributed by atoms with Gasteiger partial charge in [0.15, 0.2) is 0 Å². The van der Waals surface area contributed by atoms with E-state index in [1.54, 1.807) is 11.0 Å². The van der Waals surface area contributed by atoms with E-state index in [9.17, 15) is 4.79 Å². The monoisotopic (exact) mass is 482 g/mol. The third-order valence-electron chi connectivity index (χ3n) is 6.57. The summed E-state index contributed by atoms with van der Waals surface area (Å²) in [6.45, 7) is 6.03. The molecule has 2 aliphatic heterocycles. The zero-order valence-electron chi connectivity index (χ0n) is 20.5. The lowest BCUT2D eigenvalue weighted by atomic mass is 10.1. The number of piperazine rings is 1. The van der Waals surface area contributed by atoms with Crippen molar-refractivity contribution in [2.45, 2.75) is 6.42 Å². The van der Waals surface area contributed by atoms with Crippen LogP contribution in [0, 0.1) is 12.3 Å². The SMILES string of the molecule is C#Cc1cccc(Nc2ncnc3cc4c(cc23)N(C(=O)/C=C/CN2CCN(C)CC2)CCCO4)c1. The minimum absolute atomic E-state index is 0.0525. The number of hydrogen-bond acceptors (Lipinski definition) is 7. The first-order valence-electron chi connectivity index (χ1n) is 12.2. The molecule has 0 atom stereocenters.